The number of nitrogens with zero attached hydrogens (tertiary/aromatic N) is 1. The molecule has 0 bridgehead atoms. The van der Waals surface area contributed by atoms with Crippen molar-refractivity contribution in [2.75, 3.05) is 0 Å². The van der Waals surface area contributed by atoms with Gasteiger partial charge in [-0.25, -0.2) is 4.79 Å². The first-order valence-corrected chi connectivity index (χ1v) is 9.34. The number of carbonyl (C=O) groups excluding carboxylic acids is 1. The van der Waals surface area contributed by atoms with Crippen LogP contribution in [0.3, 0.4) is 0 Å². The molecule has 3 heteroatoms. The predicted octanol–water partition coefficient (Wildman–Crippen LogP) is 5.37. The quantitative estimate of drug-likeness (QED) is 0.695. The number of benzene rings is 2. The minimum atomic E-state index is -0.211. The number of carbonyl (C=O) groups is 1. The van der Waals surface area contributed by atoms with E-state index >= 15 is 0 Å². The fraction of sp³-hybridized carbons (Fsp3) is 0.348. The zero-order chi connectivity index (χ0) is 18.4. The second kappa shape index (κ2) is 8.70. The molecule has 0 spiro atoms. The molecule has 2 aromatic rings. The number of likely N-dealkylation sites (tertiary alicyclic amines) is 1. The lowest BCUT2D eigenvalue weighted by Gasteiger charge is -2.41. The maximum absolute atomic E-state index is 12.9. The predicted molar refractivity (Wildman–Crippen MR) is 105 cm³/mol. The Hall–Kier alpha value is -2.55. The number of rotatable bonds is 4. The number of hydrogen-bond acceptors (Lipinski definition) is 2. The third-order valence-electron chi connectivity index (χ3n) is 5.06. The van der Waals surface area contributed by atoms with Crippen molar-refractivity contribution in [2.24, 2.45) is 0 Å². The highest BCUT2D eigenvalue weighted by atomic mass is 16.6. The van der Waals surface area contributed by atoms with Gasteiger partial charge in [0.05, 0.1) is 0 Å². The molecule has 3 rings (SSSR count). The lowest BCUT2D eigenvalue weighted by Crippen LogP contribution is -2.50. The second-order valence-corrected chi connectivity index (χ2v) is 7.00. The molecule has 0 N–H and O–H groups in total. The SMILES string of the molecule is C/C=C1/C[C@H](Cc2ccccc2)N(C(=O)OCc2ccccc2)[C@H](C)C1. The van der Waals surface area contributed by atoms with E-state index < -0.39 is 0 Å². The van der Waals surface area contributed by atoms with E-state index in [2.05, 4.69) is 44.2 Å². The van der Waals surface area contributed by atoms with E-state index in [4.69, 9.17) is 4.74 Å². The summed E-state index contributed by atoms with van der Waals surface area (Å²) < 4.78 is 5.64. The van der Waals surface area contributed by atoms with E-state index in [0.717, 1.165) is 24.8 Å². The topological polar surface area (TPSA) is 29.5 Å². The summed E-state index contributed by atoms with van der Waals surface area (Å²) in [5.74, 6) is 0. The molecule has 0 unspecified atom stereocenters. The highest BCUT2D eigenvalue weighted by Crippen LogP contribution is 2.30. The molecule has 3 nitrogen and oxygen atoms in total. The Morgan fingerprint density at radius 2 is 1.65 bits per heavy atom. The van der Waals surface area contributed by atoms with Gasteiger partial charge in [-0.15, -0.1) is 0 Å². The van der Waals surface area contributed by atoms with E-state index in [9.17, 15) is 4.79 Å². The zero-order valence-corrected chi connectivity index (χ0v) is 15.6. The van der Waals surface area contributed by atoms with Crippen LogP contribution in [0.4, 0.5) is 4.79 Å². The molecule has 26 heavy (non-hydrogen) atoms. The minimum absolute atomic E-state index is 0.135. The maximum atomic E-state index is 12.9. The third kappa shape index (κ3) is 4.54. The molecule has 1 aliphatic heterocycles. The van der Waals surface area contributed by atoms with Crippen molar-refractivity contribution in [3.8, 4) is 0 Å². The number of allylic oxidation sites excluding steroid dienone is 1. The van der Waals surface area contributed by atoms with Crippen molar-refractivity contribution in [3.05, 3.63) is 83.4 Å². The summed E-state index contributed by atoms with van der Waals surface area (Å²) in [6, 6.07) is 20.5. The van der Waals surface area contributed by atoms with Crippen LogP contribution in [0.5, 0.6) is 0 Å². The molecule has 0 saturated carbocycles. The van der Waals surface area contributed by atoms with Gasteiger partial charge in [0.25, 0.3) is 0 Å². The molecular weight excluding hydrogens is 322 g/mol. The standard InChI is InChI=1S/C23H27NO2/c1-3-19-14-18(2)24(22(15-19)16-20-10-6-4-7-11-20)23(25)26-17-21-12-8-5-9-13-21/h3-13,18,22H,14-17H2,1-2H3/b19-3+/t18-,22-/m1/s1. The number of ether oxygens (including phenoxy) is 1. The van der Waals surface area contributed by atoms with Crippen molar-refractivity contribution in [1.29, 1.82) is 0 Å². The fourth-order valence-corrected chi connectivity index (χ4v) is 3.74. The molecule has 0 radical (unpaired) electrons. The highest BCUT2D eigenvalue weighted by molar-refractivity contribution is 5.69. The average Bonchev–Trinajstić information content (AvgIpc) is 2.67. The minimum Gasteiger partial charge on any atom is -0.445 e. The fourth-order valence-electron chi connectivity index (χ4n) is 3.74. The Labute approximate surface area is 156 Å². The lowest BCUT2D eigenvalue weighted by molar-refractivity contribution is 0.0555. The van der Waals surface area contributed by atoms with Gasteiger partial charge in [0.1, 0.15) is 6.61 Å². The van der Waals surface area contributed by atoms with Crippen LogP contribution in [-0.4, -0.2) is 23.1 Å². The molecule has 1 saturated heterocycles. The Bertz CT molecular complexity index is 739. The molecule has 136 valence electrons. The van der Waals surface area contributed by atoms with Crippen molar-refractivity contribution in [2.45, 2.75) is 51.8 Å². The smallest absolute Gasteiger partial charge is 0.410 e. The summed E-state index contributed by atoms with van der Waals surface area (Å²) in [5.41, 5.74) is 3.69. The van der Waals surface area contributed by atoms with Gasteiger partial charge in [0.15, 0.2) is 0 Å². The molecule has 1 aliphatic rings. The van der Waals surface area contributed by atoms with Gasteiger partial charge in [0, 0.05) is 12.1 Å². The van der Waals surface area contributed by atoms with Crippen molar-refractivity contribution < 1.29 is 9.53 Å². The summed E-state index contributed by atoms with van der Waals surface area (Å²) in [5, 5.41) is 0. The van der Waals surface area contributed by atoms with Gasteiger partial charge >= 0.3 is 6.09 Å². The molecule has 2 aromatic carbocycles. The Kier molecular flexibility index (Phi) is 6.11. The van der Waals surface area contributed by atoms with E-state index in [1.54, 1.807) is 0 Å². The molecule has 2 atom stereocenters. The van der Waals surface area contributed by atoms with Crippen LogP contribution >= 0.6 is 0 Å². The van der Waals surface area contributed by atoms with Crippen molar-refractivity contribution in [3.63, 3.8) is 0 Å². The van der Waals surface area contributed by atoms with Gasteiger partial charge < -0.3 is 9.64 Å². The van der Waals surface area contributed by atoms with Crippen molar-refractivity contribution in [1.82, 2.24) is 4.90 Å². The number of amides is 1. The Morgan fingerprint density at radius 3 is 2.27 bits per heavy atom. The second-order valence-electron chi connectivity index (χ2n) is 7.00. The first-order valence-electron chi connectivity index (χ1n) is 9.34. The van der Waals surface area contributed by atoms with Gasteiger partial charge in [0.2, 0.25) is 0 Å². The van der Waals surface area contributed by atoms with Crippen LogP contribution in [0.25, 0.3) is 0 Å². The molecule has 0 aliphatic carbocycles. The van der Waals surface area contributed by atoms with Crippen LogP contribution in [0, 0.1) is 0 Å². The normalized spacial score (nSPS) is 21.6. The van der Waals surface area contributed by atoms with Crippen molar-refractivity contribution >= 4 is 6.09 Å². The molecular formula is C23H27NO2. The van der Waals surface area contributed by atoms with Crippen LogP contribution in [0.2, 0.25) is 0 Å². The third-order valence-corrected chi connectivity index (χ3v) is 5.06. The summed E-state index contributed by atoms with van der Waals surface area (Å²) in [7, 11) is 0. The summed E-state index contributed by atoms with van der Waals surface area (Å²) >= 11 is 0. The Balaban J connectivity index is 1.73. The van der Waals surface area contributed by atoms with Gasteiger partial charge in [-0.3, -0.25) is 0 Å². The summed E-state index contributed by atoms with van der Waals surface area (Å²) in [6.45, 7) is 4.52. The molecule has 1 heterocycles. The van der Waals surface area contributed by atoms with E-state index in [1.165, 1.54) is 11.1 Å². The van der Waals surface area contributed by atoms with E-state index in [-0.39, 0.29) is 18.2 Å². The first-order chi connectivity index (χ1) is 12.7. The largest absolute Gasteiger partial charge is 0.445 e. The van der Waals surface area contributed by atoms with Gasteiger partial charge in [-0.1, -0.05) is 72.3 Å². The molecule has 1 fully saturated rings. The van der Waals surface area contributed by atoms with Gasteiger partial charge in [-0.05, 0) is 44.2 Å². The number of hydrogen-bond donors (Lipinski definition) is 0. The van der Waals surface area contributed by atoms with Crippen LogP contribution in [0.1, 0.15) is 37.8 Å². The highest BCUT2D eigenvalue weighted by Gasteiger charge is 2.34. The zero-order valence-electron chi connectivity index (χ0n) is 15.6. The average molecular weight is 349 g/mol. The molecule has 0 aromatic heterocycles. The van der Waals surface area contributed by atoms with Crippen LogP contribution in [-0.2, 0) is 17.8 Å². The lowest BCUT2D eigenvalue weighted by atomic mass is 9.88. The Morgan fingerprint density at radius 1 is 1.04 bits per heavy atom. The summed E-state index contributed by atoms with van der Waals surface area (Å²) in [4.78, 5) is 14.8. The molecule has 1 amide bonds. The van der Waals surface area contributed by atoms with Gasteiger partial charge in [-0.2, -0.15) is 0 Å². The van der Waals surface area contributed by atoms with Crippen LogP contribution < -0.4 is 0 Å². The van der Waals surface area contributed by atoms with Crippen LogP contribution in [0.15, 0.2) is 72.3 Å². The summed E-state index contributed by atoms with van der Waals surface area (Å²) in [6.07, 6.45) is 4.67. The van der Waals surface area contributed by atoms with E-state index in [1.807, 2.05) is 41.3 Å². The number of piperidine rings is 1. The van der Waals surface area contributed by atoms with E-state index in [0.29, 0.717) is 6.61 Å². The maximum Gasteiger partial charge on any atom is 0.410 e. The first kappa shape index (κ1) is 18.2. The monoisotopic (exact) mass is 349 g/mol.